The predicted molar refractivity (Wildman–Crippen MR) is 105 cm³/mol. The number of aromatic nitrogens is 2. The number of Topliss-reactive ketones (excluding diaryl/α,β-unsaturated/α-hetero) is 1. The molecular weight excluding hydrogens is 386 g/mol. The van der Waals surface area contributed by atoms with Crippen molar-refractivity contribution in [1.29, 1.82) is 0 Å². The van der Waals surface area contributed by atoms with Gasteiger partial charge in [-0.05, 0) is 50.2 Å². The van der Waals surface area contributed by atoms with Gasteiger partial charge in [0.05, 0.1) is 5.25 Å². The van der Waals surface area contributed by atoms with Crippen LogP contribution in [-0.2, 0) is 4.79 Å². The Morgan fingerprint density at radius 3 is 2.59 bits per heavy atom. The first kappa shape index (κ1) is 19.1. The number of carbonyl (C=O) groups excluding carboxylic acids is 2. The number of anilines is 1. The number of nitrogens with one attached hydrogen (secondary N) is 1. The summed E-state index contributed by atoms with van der Waals surface area (Å²) in [4.78, 5) is 23.8. The Bertz CT molecular complexity index is 972. The molecule has 0 spiro atoms. The second-order valence-corrected chi connectivity index (χ2v) is 7.49. The highest BCUT2D eigenvalue weighted by molar-refractivity contribution is 8.00. The highest BCUT2D eigenvalue weighted by Crippen LogP contribution is 2.27. The summed E-state index contributed by atoms with van der Waals surface area (Å²) in [6, 6.07) is 13.8. The highest BCUT2D eigenvalue weighted by Gasteiger charge is 2.19. The van der Waals surface area contributed by atoms with Crippen LogP contribution in [0.15, 0.2) is 58.2 Å². The SMILES string of the molecule is CC(=O)c1cccc(NC(=O)[C@H](C)Sc2nnc(-c3ccc(Cl)cc3)o2)c1. The molecule has 8 heteroatoms. The lowest BCUT2D eigenvalue weighted by Gasteiger charge is -2.10. The largest absolute Gasteiger partial charge is 0.411 e. The Balaban J connectivity index is 1.64. The molecule has 0 unspecified atom stereocenters. The molecular formula is C19H16ClN3O3S. The summed E-state index contributed by atoms with van der Waals surface area (Å²) in [5.41, 5.74) is 1.85. The molecule has 1 aromatic heterocycles. The van der Waals surface area contributed by atoms with Crippen LogP contribution in [0, 0.1) is 0 Å². The summed E-state index contributed by atoms with van der Waals surface area (Å²) in [5.74, 6) is 0.0667. The summed E-state index contributed by atoms with van der Waals surface area (Å²) in [6.07, 6.45) is 0. The van der Waals surface area contributed by atoms with Crippen LogP contribution in [0.3, 0.4) is 0 Å². The number of hydrogen-bond acceptors (Lipinski definition) is 6. The number of benzene rings is 2. The van der Waals surface area contributed by atoms with E-state index < -0.39 is 5.25 Å². The minimum absolute atomic E-state index is 0.0610. The quantitative estimate of drug-likeness (QED) is 0.475. The van der Waals surface area contributed by atoms with E-state index in [1.54, 1.807) is 55.5 Å². The molecule has 1 atom stereocenters. The molecule has 0 aliphatic heterocycles. The van der Waals surface area contributed by atoms with Gasteiger partial charge >= 0.3 is 0 Å². The smallest absolute Gasteiger partial charge is 0.277 e. The van der Waals surface area contributed by atoms with Crippen molar-refractivity contribution in [3.63, 3.8) is 0 Å². The van der Waals surface area contributed by atoms with Gasteiger partial charge in [0, 0.05) is 21.8 Å². The molecule has 0 radical (unpaired) electrons. The molecule has 3 rings (SSSR count). The number of hydrogen-bond donors (Lipinski definition) is 1. The van der Waals surface area contributed by atoms with E-state index in [0.29, 0.717) is 27.4 Å². The van der Waals surface area contributed by atoms with E-state index in [2.05, 4.69) is 15.5 Å². The number of amides is 1. The van der Waals surface area contributed by atoms with Gasteiger partial charge in [-0.2, -0.15) is 0 Å². The minimum Gasteiger partial charge on any atom is -0.411 e. The van der Waals surface area contributed by atoms with Crippen LogP contribution in [0.1, 0.15) is 24.2 Å². The van der Waals surface area contributed by atoms with Gasteiger partial charge < -0.3 is 9.73 Å². The third-order valence-corrected chi connectivity index (χ3v) is 4.87. The minimum atomic E-state index is -0.468. The molecule has 0 fully saturated rings. The molecule has 2 aromatic carbocycles. The third-order valence-electron chi connectivity index (χ3n) is 3.68. The van der Waals surface area contributed by atoms with E-state index in [1.807, 2.05) is 0 Å². The predicted octanol–water partition coefficient (Wildman–Crippen LogP) is 4.71. The van der Waals surface area contributed by atoms with Crippen molar-refractivity contribution in [3.8, 4) is 11.5 Å². The van der Waals surface area contributed by atoms with Gasteiger partial charge in [-0.3, -0.25) is 9.59 Å². The van der Waals surface area contributed by atoms with Crippen LogP contribution in [0.4, 0.5) is 5.69 Å². The van der Waals surface area contributed by atoms with E-state index >= 15 is 0 Å². The second-order valence-electron chi connectivity index (χ2n) is 5.77. The van der Waals surface area contributed by atoms with Crippen molar-refractivity contribution >= 4 is 40.7 Å². The summed E-state index contributed by atoms with van der Waals surface area (Å²) in [7, 11) is 0. The Morgan fingerprint density at radius 1 is 1.15 bits per heavy atom. The Kier molecular flexibility index (Phi) is 5.93. The van der Waals surface area contributed by atoms with Gasteiger partial charge in [0.1, 0.15) is 0 Å². The zero-order chi connectivity index (χ0) is 19.4. The number of rotatable bonds is 6. The molecule has 27 heavy (non-hydrogen) atoms. The lowest BCUT2D eigenvalue weighted by atomic mass is 10.1. The molecule has 1 N–H and O–H groups in total. The molecule has 0 aliphatic carbocycles. The monoisotopic (exact) mass is 401 g/mol. The fourth-order valence-electron chi connectivity index (χ4n) is 2.23. The van der Waals surface area contributed by atoms with E-state index in [0.717, 1.165) is 17.3 Å². The van der Waals surface area contributed by atoms with E-state index in [1.165, 1.54) is 6.92 Å². The zero-order valence-electron chi connectivity index (χ0n) is 14.6. The Labute approximate surface area is 165 Å². The number of carbonyl (C=O) groups is 2. The molecule has 1 heterocycles. The number of thioether (sulfide) groups is 1. The topological polar surface area (TPSA) is 85.1 Å². The van der Waals surface area contributed by atoms with Crippen LogP contribution in [0.2, 0.25) is 5.02 Å². The van der Waals surface area contributed by atoms with Crippen molar-refractivity contribution in [2.75, 3.05) is 5.32 Å². The molecule has 1 amide bonds. The van der Waals surface area contributed by atoms with Gasteiger partial charge in [-0.1, -0.05) is 35.5 Å². The fourth-order valence-corrected chi connectivity index (χ4v) is 3.04. The van der Waals surface area contributed by atoms with Gasteiger partial charge in [0.25, 0.3) is 5.22 Å². The first-order valence-electron chi connectivity index (χ1n) is 8.10. The first-order valence-corrected chi connectivity index (χ1v) is 9.36. The van der Waals surface area contributed by atoms with Crippen molar-refractivity contribution in [2.45, 2.75) is 24.3 Å². The van der Waals surface area contributed by atoms with E-state index in [-0.39, 0.29) is 11.7 Å². The molecule has 0 saturated heterocycles. The Hall–Kier alpha value is -2.64. The average molecular weight is 402 g/mol. The zero-order valence-corrected chi connectivity index (χ0v) is 16.2. The van der Waals surface area contributed by atoms with Crippen molar-refractivity contribution < 1.29 is 14.0 Å². The Morgan fingerprint density at radius 2 is 1.89 bits per heavy atom. The van der Waals surface area contributed by atoms with Crippen LogP contribution >= 0.6 is 23.4 Å². The number of nitrogens with zero attached hydrogens (tertiary/aromatic N) is 2. The molecule has 0 saturated carbocycles. The normalized spacial score (nSPS) is 11.8. The van der Waals surface area contributed by atoms with Gasteiger partial charge in [0.2, 0.25) is 11.8 Å². The summed E-state index contributed by atoms with van der Waals surface area (Å²) in [5, 5.41) is 11.2. The average Bonchev–Trinajstić information content (AvgIpc) is 3.11. The molecule has 0 aliphatic rings. The lowest BCUT2D eigenvalue weighted by Crippen LogP contribution is -2.22. The van der Waals surface area contributed by atoms with Gasteiger partial charge in [-0.15, -0.1) is 10.2 Å². The molecule has 3 aromatic rings. The van der Waals surface area contributed by atoms with E-state index in [9.17, 15) is 9.59 Å². The molecule has 138 valence electrons. The van der Waals surface area contributed by atoms with Crippen molar-refractivity contribution in [2.24, 2.45) is 0 Å². The number of ketones is 1. The summed E-state index contributed by atoms with van der Waals surface area (Å²) < 4.78 is 5.60. The first-order chi connectivity index (χ1) is 12.9. The van der Waals surface area contributed by atoms with Crippen LogP contribution in [-0.4, -0.2) is 27.1 Å². The molecule has 0 bridgehead atoms. The van der Waals surface area contributed by atoms with Gasteiger partial charge in [-0.25, -0.2) is 0 Å². The second kappa shape index (κ2) is 8.37. The van der Waals surface area contributed by atoms with E-state index in [4.69, 9.17) is 16.0 Å². The maximum absolute atomic E-state index is 12.4. The summed E-state index contributed by atoms with van der Waals surface area (Å²) >= 11 is 7.02. The van der Waals surface area contributed by atoms with Crippen LogP contribution in [0.25, 0.3) is 11.5 Å². The van der Waals surface area contributed by atoms with Crippen LogP contribution < -0.4 is 5.32 Å². The number of halogens is 1. The fraction of sp³-hybridized carbons (Fsp3) is 0.158. The summed E-state index contributed by atoms with van der Waals surface area (Å²) in [6.45, 7) is 3.22. The highest BCUT2D eigenvalue weighted by atomic mass is 35.5. The lowest BCUT2D eigenvalue weighted by molar-refractivity contribution is -0.115. The van der Waals surface area contributed by atoms with Crippen molar-refractivity contribution in [1.82, 2.24) is 10.2 Å². The van der Waals surface area contributed by atoms with Crippen LogP contribution in [0.5, 0.6) is 0 Å². The maximum Gasteiger partial charge on any atom is 0.277 e. The van der Waals surface area contributed by atoms with Crippen molar-refractivity contribution in [3.05, 3.63) is 59.1 Å². The van der Waals surface area contributed by atoms with Gasteiger partial charge in [0.15, 0.2) is 5.78 Å². The standard InChI is InChI=1S/C19H16ClN3O3S/c1-11(24)14-4-3-5-16(10-14)21-17(25)12(2)27-19-23-22-18(26-19)13-6-8-15(20)9-7-13/h3-10,12H,1-2H3,(H,21,25)/t12-/m0/s1. The molecule has 6 nitrogen and oxygen atoms in total. The third kappa shape index (κ3) is 4.96. The maximum atomic E-state index is 12.4.